The van der Waals surface area contributed by atoms with E-state index in [0.29, 0.717) is 0 Å². The Morgan fingerprint density at radius 3 is 3.14 bits per heavy atom. The van der Waals surface area contributed by atoms with Crippen molar-refractivity contribution in [3.05, 3.63) is 41.7 Å². The summed E-state index contributed by atoms with van der Waals surface area (Å²) in [7, 11) is 0. The Labute approximate surface area is 131 Å². The van der Waals surface area contributed by atoms with Crippen LogP contribution in [0.3, 0.4) is 0 Å². The minimum atomic E-state index is -0.467. The molecule has 1 fully saturated rings. The molecule has 1 atom stereocenters. The summed E-state index contributed by atoms with van der Waals surface area (Å²) in [5.74, 6) is -0.617. The Bertz CT molecular complexity index is 635. The van der Waals surface area contributed by atoms with Crippen molar-refractivity contribution in [3.8, 4) is 5.75 Å². The summed E-state index contributed by atoms with van der Waals surface area (Å²) >= 11 is 1.59. The largest absolute Gasteiger partial charge is 0.481 e. The Morgan fingerprint density at radius 1 is 1.50 bits per heavy atom. The molecule has 1 amide bonds. The van der Waals surface area contributed by atoms with Crippen LogP contribution in [0.5, 0.6) is 5.75 Å². The van der Waals surface area contributed by atoms with E-state index in [2.05, 4.69) is 15.2 Å². The number of nitrogens with zero attached hydrogens (tertiary/aromatic N) is 2. The number of nitrogens with one attached hydrogen (secondary N) is 1. The highest BCUT2D eigenvalue weighted by molar-refractivity contribution is 7.13. The van der Waals surface area contributed by atoms with Gasteiger partial charge in [-0.2, -0.15) is 0 Å². The maximum Gasteiger partial charge on any atom is 0.258 e. The monoisotopic (exact) mass is 321 g/mol. The molecule has 1 aliphatic heterocycles. The van der Waals surface area contributed by atoms with Gasteiger partial charge in [0.15, 0.2) is 23.3 Å². The lowest BCUT2D eigenvalue weighted by Gasteiger charge is -2.16. The number of benzene rings is 1. The highest BCUT2D eigenvalue weighted by Crippen LogP contribution is 2.22. The number of carbonyl (C=O) groups excluding carboxylic acids is 1. The number of aromatic nitrogens is 1. The number of halogens is 1. The second-order valence-corrected chi connectivity index (χ2v) is 5.91. The minimum absolute atomic E-state index is 0.0700. The highest BCUT2D eigenvalue weighted by Gasteiger charge is 2.25. The molecule has 0 bridgehead atoms. The first-order valence-electron chi connectivity index (χ1n) is 7.03. The number of ether oxygens (including phenoxy) is 1. The summed E-state index contributed by atoms with van der Waals surface area (Å²) in [6.45, 7) is 1.42. The molecule has 0 spiro atoms. The molecule has 1 unspecified atom stereocenters. The zero-order chi connectivity index (χ0) is 15.4. The number of hydrogen-bond acceptors (Lipinski definition) is 5. The van der Waals surface area contributed by atoms with Crippen molar-refractivity contribution in [1.82, 2.24) is 10.3 Å². The third-order valence-corrected chi connectivity index (χ3v) is 4.27. The molecule has 2 heterocycles. The van der Waals surface area contributed by atoms with E-state index in [1.165, 1.54) is 12.1 Å². The topological polar surface area (TPSA) is 54.5 Å². The molecule has 5 nitrogen and oxygen atoms in total. The molecule has 22 heavy (non-hydrogen) atoms. The van der Waals surface area contributed by atoms with Gasteiger partial charge in [0.05, 0.1) is 0 Å². The summed E-state index contributed by atoms with van der Waals surface area (Å²) in [6.07, 6.45) is 2.64. The maximum atomic E-state index is 13.4. The number of rotatable bonds is 5. The second kappa shape index (κ2) is 6.74. The molecule has 1 aromatic carbocycles. The van der Waals surface area contributed by atoms with Gasteiger partial charge in [-0.1, -0.05) is 12.1 Å². The molecule has 1 aromatic heterocycles. The molecular weight excluding hydrogens is 305 g/mol. The van der Waals surface area contributed by atoms with Gasteiger partial charge in [-0.3, -0.25) is 4.79 Å². The van der Waals surface area contributed by atoms with Crippen molar-refractivity contribution in [3.63, 3.8) is 0 Å². The number of para-hydroxylation sites is 1. The van der Waals surface area contributed by atoms with Crippen LogP contribution in [0.1, 0.15) is 6.42 Å². The lowest BCUT2D eigenvalue weighted by molar-refractivity contribution is -0.123. The van der Waals surface area contributed by atoms with Gasteiger partial charge in [0.1, 0.15) is 0 Å². The molecule has 1 N–H and O–H groups in total. The number of amides is 1. The third-order valence-electron chi connectivity index (χ3n) is 3.44. The Balaban J connectivity index is 1.46. The molecule has 0 saturated carbocycles. The normalized spacial score (nSPS) is 17.5. The fourth-order valence-corrected chi connectivity index (χ4v) is 3.08. The van der Waals surface area contributed by atoms with Crippen molar-refractivity contribution >= 4 is 22.4 Å². The van der Waals surface area contributed by atoms with E-state index in [4.69, 9.17) is 4.74 Å². The van der Waals surface area contributed by atoms with Crippen molar-refractivity contribution in [2.75, 3.05) is 24.6 Å². The van der Waals surface area contributed by atoms with Crippen LogP contribution >= 0.6 is 11.3 Å². The van der Waals surface area contributed by atoms with E-state index in [1.54, 1.807) is 29.7 Å². The molecule has 0 radical (unpaired) electrons. The van der Waals surface area contributed by atoms with Crippen LogP contribution in [0.2, 0.25) is 0 Å². The van der Waals surface area contributed by atoms with Crippen molar-refractivity contribution in [2.24, 2.45) is 0 Å². The van der Waals surface area contributed by atoms with E-state index in [9.17, 15) is 9.18 Å². The van der Waals surface area contributed by atoms with E-state index in [1.807, 2.05) is 5.38 Å². The third kappa shape index (κ3) is 3.54. The number of carbonyl (C=O) groups is 1. The summed E-state index contributed by atoms with van der Waals surface area (Å²) in [5.41, 5.74) is 0. The van der Waals surface area contributed by atoms with Crippen LogP contribution in [-0.2, 0) is 4.79 Å². The molecule has 2 aromatic rings. The van der Waals surface area contributed by atoms with Gasteiger partial charge >= 0.3 is 0 Å². The molecule has 116 valence electrons. The Hall–Kier alpha value is -2.15. The quantitative estimate of drug-likeness (QED) is 0.916. The second-order valence-electron chi connectivity index (χ2n) is 5.03. The smallest absolute Gasteiger partial charge is 0.258 e. The lowest BCUT2D eigenvalue weighted by Crippen LogP contribution is -2.39. The van der Waals surface area contributed by atoms with Crippen LogP contribution in [-0.4, -0.2) is 36.6 Å². The van der Waals surface area contributed by atoms with Gasteiger partial charge in [-0.05, 0) is 18.6 Å². The SMILES string of the molecule is O=C(COc1ccccc1F)NC1CCN(c2nccs2)C1. The van der Waals surface area contributed by atoms with Gasteiger partial charge in [0, 0.05) is 30.7 Å². The van der Waals surface area contributed by atoms with Crippen LogP contribution in [0.25, 0.3) is 0 Å². The van der Waals surface area contributed by atoms with E-state index in [0.717, 1.165) is 24.6 Å². The molecule has 1 aliphatic rings. The first-order chi connectivity index (χ1) is 10.7. The summed E-state index contributed by atoms with van der Waals surface area (Å²) in [6, 6.07) is 6.12. The van der Waals surface area contributed by atoms with E-state index < -0.39 is 5.82 Å². The first kappa shape index (κ1) is 14.8. The van der Waals surface area contributed by atoms with Crippen LogP contribution in [0.15, 0.2) is 35.8 Å². The molecule has 0 aliphatic carbocycles. The zero-order valence-corrected chi connectivity index (χ0v) is 12.7. The van der Waals surface area contributed by atoms with Gasteiger partial charge in [-0.15, -0.1) is 11.3 Å². The average Bonchev–Trinajstić information content (AvgIpc) is 3.17. The average molecular weight is 321 g/mol. The van der Waals surface area contributed by atoms with Gasteiger partial charge in [-0.25, -0.2) is 9.37 Å². The summed E-state index contributed by atoms with van der Waals surface area (Å²) in [4.78, 5) is 18.3. The first-order valence-corrected chi connectivity index (χ1v) is 7.91. The number of thiazole rings is 1. The van der Waals surface area contributed by atoms with Crippen molar-refractivity contribution in [1.29, 1.82) is 0 Å². The standard InChI is InChI=1S/C15H16FN3O2S/c16-12-3-1-2-4-13(12)21-10-14(20)18-11-5-7-19(9-11)15-17-6-8-22-15/h1-4,6,8,11H,5,7,9-10H2,(H,18,20). The van der Waals surface area contributed by atoms with Crippen molar-refractivity contribution < 1.29 is 13.9 Å². The number of anilines is 1. The lowest BCUT2D eigenvalue weighted by atomic mass is 10.2. The van der Waals surface area contributed by atoms with Crippen molar-refractivity contribution in [2.45, 2.75) is 12.5 Å². The van der Waals surface area contributed by atoms with Crippen LogP contribution < -0.4 is 15.0 Å². The van der Waals surface area contributed by atoms with E-state index >= 15 is 0 Å². The van der Waals surface area contributed by atoms with Crippen LogP contribution in [0, 0.1) is 5.82 Å². The van der Waals surface area contributed by atoms with Crippen LogP contribution in [0.4, 0.5) is 9.52 Å². The van der Waals surface area contributed by atoms with Gasteiger partial charge in [0.25, 0.3) is 5.91 Å². The fraction of sp³-hybridized carbons (Fsp3) is 0.333. The highest BCUT2D eigenvalue weighted by atomic mass is 32.1. The summed E-state index contributed by atoms with van der Waals surface area (Å²) < 4.78 is 18.6. The predicted molar refractivity (Wildman–Crippen MR) is 82.8 cm³/mol. The Morgan fingerprint density at radius 2 is 2.36 bits per heavy atom. The Kier molecular flexibility index (Phi) is 4.53. The molecular formula is C15H16FN3O2S. The van der Waals surface area contributed by atoms with E-state index in [-0.39, 0.29) is 24.3 Å². The van der Waals surface area contributed by atoms with Gasteiger partial charge < -0.3 is 15.0 Å². The molecule has 7 heteroatoms. The van der Waals surface area contributed by atoms with Gasteiger partial charge in [0.2, 0.25) is 0 Å². The minimum Gasteiger partial charge on any atom is -0.481 e. The molecule has 3 rings (SSSR count). The fourth-order valence-electron chi connectivity index (χ4n) is 2.40. The predicted octanol–water partition coefficient (Wildman–Crippen LogP) is 2.06. The maximum absolute atomic E-state index is 13.4. The number of hydrogen-bond donors (Lipinski definition) is 1. The summed E-state index contributed by atoms with van der Waals surface area (Å²) in [5, 5.41) is 5.81. The zero-order valence-electron chi connectivity index (χ0n) is 11.9. The molecule has 1 saturated heterocycles.